The highest BCUT2D eigenvalue weighted by Gasteiger charge is 2.15. The van der Waals surface area contributed by atoms with E-state index in [9.17, 15) is 9.59 Å². The molecule has 0 spiro atoms. The second-order valence-electron chi connectivity index (χ2n) is 5.61. The molecule has 1 aromatic heterocycles. The number of nitrogen functional groups attached to an aromatic ring is 1. The van der Waals surface area contributed by atoms with E-state index in [2.05, 4.69) is 6.07 Å². The fraction of sp³-hybridized carbons (Fsp3) is 0.111. The first-order valence-corrected chi connectivity index (χ1v) is 8.09. The summed E-state index contributed by atoms with van der Waals surface area (Å²) in [5.41, 5.74) is 7.57. The monoisotopic (exact) mass is 340 g/mol. The van der Waals surface area contributed by atoms with Crippen LogP contribution in [0, 0.1) is 6.92 Å². The normalized spacial score (nSPS) is 10.9. The van der Waals surface area contributed by atoms with Crippen molar-refractivity contribution in [1.29, 1.82) is 0 Å². The van der Waals surface area contributed by atoms with Crippen LogP contribution in [0.2, 0.25) is 0 Å². The van der Waals surface area contributed by atoms with E-state index in [0.717, 1.165) is 15.4 Å². The van der Waals surface area contributed by atoms with Crippen molar-refractivity contribution in [2.24, 2.45) is 7.05 Å². The van der Waals surface area contributed by atoms with Crippen LogP contribution in [-0.4, -0.2) is 15.6 Å². The number of fused-ring (bicyclic) bond motifs is 1. The number of aromatic nitrogens is 1. The van der Waals surface area contributed by atoms with Crippen LogP contribution in [0.1, 0.15) is 15.9 Å². The molecule has 0 bridgehead atoms. The maximum absolute atomic E-state index is 12.3. The van der Waals surface area contributed by atoms with Gasteiger partial charge in [0.15, 0.2) is 0 Å². The Balaban J connectivity index is 2.17. The Morgan fingerprint density at radius 1 is 1.25 bits per heavy atom. The van der Waals surface area contributed by atoms with Gasteiger partial charge in [-0.25, -0.2) is 4.79 Å². The van der Waals surface area contributed by atoms with Crippen molar-refractivity contribution < 1.29 is 9.90 Å². The number of nitrogens with zero attached hydrogens (tertiary/aromatic N) is 1. The second-order valence-corrected chi connectivity index (χ2v) is 6.73. The molecule has 0 radical (unpaired) electrons. The topological polar surface area (TPSA) is 85.3 Å². The van der Waals surface area contributed by atoms with Crippen LogP contribution >= 0.6 is 11.8 Å². The Hall–Kier alpha value is -2.73. The number of hydrogen-bond donors (Lipinski definition) is 2. The van der Waals surface area contributed by atoms with Crippen molar-refractivity contribution in [1.82, 2.24) is 4.57 Å². The molecular weight excluding hydrogens is 324 g/mol. The van der Waals surface area contributed by atoms with Gasteiger partial charge >= 0.3 is 5.97 Å². The minimum atomic E-state index is -1.24. The van der Waals surface area contributed by atoms with Crippen LogP contribution in [0.5, 0.6) is 0 Å². The molecule has 122 valence electrons. The summed E-state index contributed by atoms with van der Waals surface area (Å²) < 4.78 is 1.64. The number of rotatable bonds is 3. The Morgan fingerprint density at radius 2 is 2.00 bits per heavy atom. The molecule has 3 aromatic rings. The highest BCUT2D eigenvalue weighted by atomic mass is 32.2. The highest BCUT2D eigenvalue weighted by Crippen LogP contribution is 2.34. The van der Waals surface area contributed by atoms with Gasteiger partial charge in [-0.3, -0.25) is 4.79 Å². The summed E-state index contributed by atoms with van der Waals surface area (Å²) in [5.74, 6) is -1.24. The van der Waals surface area contributed by atoms with Gasteiger partial charge in [0.1, 0.15) is 5.56 Å². The summed E-state index contributed by atoms with van der Waals surface area (Å²) in [7, 11) is 1.71. The molecular formula is C18H16N2O3S. The first kappa shape index (κ1) is 16.1. The SMILES string of the molecule is Cc1cccc(Sc2cc3c(cc2N)c(=O)c(C(=O)O)cn3C)c1. The van der Waals surface area contributed by atoms with Crippen LogP contribution in [0.4, 0.5) is 5.69 Å². The summed E-state index contributed by atoms with van der Waals surface area (Å²) in [6.07, 6.45) is 1.34. The molecule has 6 heteroatoms. The van der Waals surface area contributed by atoms with Gasteiger partial charge in [0, 0.05) is 34.1 Å². The predicted molar refractivity (Wildman–Crippen MR) is 95.9 cm³/mol. The Morgan fingerprint density at radius 3 is 2.67 bits per heavy atom. The molecule has 0 saturated heterocycles. The van der Waals surface area contributed by atoms with Crippen molar-refractivity contribution in [2.45, 2.75) is 16.7 Å². The third-order valence-electron chi connectivity index (χ3n) is 3.77. The number of benzene rings is 2. The van der Waals surface area contributed by atoms with Gasteiger partial charge < -0.3 is 15.4 Å². The zero-order valence-electron chi connectivity index (χ0n) is 13.2. The summed E-state index contributed by atoms with van der Waals surface area (Å²) in [6, 6.07) is 11.4. The molecule has 1 heterocycles. The first-order valence-electron chi connectivity index (χ1n) is 7.27. The number of hydrogen-bond acceptors (Lipinski definition) is 4. The Labute approximate surface area is 142 Å². The zero-order chi connectivity index (χ0) is 17.4. The quantitative estimate of drug-likeness (QED) is 0.715. The lowest BCUT2D eigenvalue weighted by molar-refractivity contribution is 0.0695. The van der Waals surface area contributed by atoms with Gasteiger partial charge in [-0.1, -0.05) is 29.5 Å². The summed E-state index contributed by atoms with van der Waals surface area (Å²) >= 11 is 1.51. The largest absolute Gasteiger partial charge is 0.477 e. The Bertz CT molecular complexity index is 1020. The van der Waals surface area contributed by atoms with Gasteiger partial charge in [-0.2, -0.15) is 0 Å². The van der Waals surface area contributed by atoms with Crippen molar-refractivity contribution in [3.63, 3.8) is 0 Å². The maximum atomic E-state index is 12.3. The van der Waals surface area contributed by atoms with Crippen LogP contribution in [0.25, 0.3) is 10.9 Å². The maximum Gasteiger partial charge on any atom is 0.341 e. The molecule has 0 atom stereocenters. The molecule has 0 aliphatic rings. The van der Waals surface area contributed by atoms with Gasteiger partial charge in [-0.15, -0.1) is 0 Å². The number of aromatic carboxylic acids is 1. The molecule has 5 nitrogen and oxygen atoms in total. The van der Waals surface area contributed by atoms with E-state index in [1.165, 1.54) is 18.0 Å². The predicted octanol–water partition coefficient (Wildman–Crippen LogP) is 3.28. The fourth-order valence-electron chi connectivity index (χ4n) is 2.57. The van der Waals surface area contributed by atoms with Gasteiger partial charge in [0.05, 0.1) is 5.52 Å². The molecule has 2 aromatic carbocycles. The van der Waals surface area contributed by atoms with Gasteiger partial charge in [-0.05, 0) is 31.2 Å². The minimum absolute atomic E-state index is 0.261. The molecule has 0 unspecified atom stereocenters. The zero-order valence-corrected chi connectivity index (χ0v) is 14.1. The van der Waals surface area contributed by atoms with E-state index in [0.29, 0.717) is 16.6 Å². The third-order valence-corrected chi connectivity index (χ3v) is 4.83. The lowest BCUT2D eigenvalue weighted by atomic mass is 10.1. The summed E-state index contributed by atoms with van der Waals surface area (Å²) in [4.78, 5) is 25.4. The summed E-state index contributed by atoms with van der Waals surface area (Å²) in [6.45, 7) is 2.02. The number of anilines is 1. The van der Waals surface area contributed by atoms with E-state index >= 15 is 0 Å². The Kier molecular flexibility index (Phi) is 4.07. The molecule has 3 N–H and O–H groups in total. The van der Waals surface area contributed by atoms with E-state index in [1.54, 1.807) is 17.7 Å². The van der Waals surface area contributed by atoms with Crippen molar-refractivity contribution >= 4 is 34.3 Å². The third kappa shape index (κ3) is 2.88. The second kappa shape index (κ2) is 6.05. The molecule has 0 saturated carbocycles. The first-order chi connectivity index (χ1) is 11.4. The van der Waals surface area contributed by atoms with Crippen molar-refractivity contribution in [3.05, 3.63) is 63.9 Å². The van der Waals surface area contributed by atoms with Crippen molar-refractivity contribution in [3.8, 4) is 0 Å². The number of aryl methyl sites for hydroxylation is 2. The van der Waals surface area contributed by atoms with Crippen LogP contribution in [0.15, 0.2) is 57.2 Å². The van der Waals surface area contributed by atoms with Gasteiger partial charge in [0.25, 0.3) is 0 Å². The molecule has 0 fully saturated rings. The van der Waals surface area contributed by atoms with E-state index in [-0.39, 0.29) is 5.56 Å². The number of carbonyl (C=O) groups is 1. The number of pyridine rings is 1. The standard InChI is InChI=1S/C18H16N2O3S/c1-10-4-3-5-11(6-10)24-16-8-15-12(7-14(16)19)17(21)13(18(22)23)9-20(15)2/h3-9H,19H2,1-2H3,(H,22,23). The van der Waals surface area contributed by atoms with E-state index in [1.807, 2.05) is 31.2 Å². The molecule has 24 heavy (non-hydrogen) atoms. The number of carboxylic acid groups (broad SMARTS) is 1. The molecule has 3 rings (SSSR count). The average molecular weight is 340 g/mol. The van der Waals surface area contributed by atoms with Crippen LogP contribution in [-0.2, 0) is 7.05 Å². The number of nitrogens with two attached hydrogens (primary N) is 1. The fourth-order valence-corrected chi connectivity index (χ4v) is 3.57. The average Bonchev–Trinajstić information content (AvgIpc) is 2.52. The molecule has 0 aliphatic heterocycles. The minimum Gasteiger partial charge on any atom is -0.477 e. The van der Waals surface area contributed by atoms with Gasteiger partial charge in [0.2, 0.25) is 5.43 Å². The smallest absolute Gasteiger partial charge is 0.341 e. The van der Waals surface area contributed by atoms with Crippen LogP contribution < -0.4 is 11.2 Å². The lowest BCUT2D eigenvalue weighted by Gasteiger charge is -2.12. The summed E-state index contributed by atoms with van der Waals surface area (Å²) in [5, 5.41) is 9.45. The molecule has 0 aliphatic carbocycles. The van der Waals surface area contributed by atoms with E-state index < -0.39 is 11.4 Å². The van der Waals surface area contributed by atoms with Crippen LogP contribution in [0.3, 0.4) is 0 Å². The molecule has 0 amide bonds. The highest BCUT2D eigenvalue weighted by molar-refractivity contribution is 7.99. The number of carboxylic acids is 1. The lowest BCUT2D eigenvalue weighted by Crippen LogP contribution is -2.18. The van der Waals surface area contributed by atoms with E-state index in [4.69, 9.17) is 10.8 Å². The van der Waals surface area contributed by atoms with Crippen molar-refractivity contribution in [2.75, 3.05) is 5.73 Å².